The molecule has 0 saturated heterocycles. The molecule has 0 atom stereocenters. The van der Waals surface area contributed by atoms with Gasteiger partial charge in [0.1, 0.15) is 16.7 Å². The number of ether oxygens (including phenoxy) is 1. The normalized spacial score (nSPS) is 14.6. The van der Waals surface area contributed by atoms with E-state index in [1.165, 1.54) is 0 Å². The molecule has 0 aliphatic heterocycles. The summed E-state index contributed by atoms with van der Waals surface area (Å²) in [6, 6.07) is 3.65. The van der Waals surface area contributed by atoms with E-state index in [0.29, 0.717) is 16.8 Å². The summed E-state index contributed by atoms with van der Waals surface area (Å²) in [6.07, 6.45) is 5.71. The molecule has 2 heterocycles. The molecule has 0 amide bonds. The van der Waals surface area contributed by atoms with Gasteiger partial charge in [0.2, 0.25) is 0 Å². The van der Waals surface area contributed by atoms with Gasteiger partial charge in [-0.2, -0.15) is 0 Å². The first-order valence-corrected chi connectivity index (χ1v) is 6.18. The van der Waals surface area contributed by atoms with Crippen LogP contribution in [0.2, 0.25) is 5.15 Å². The van der Waals surface area contributed by atoms with Crippen molar-refractivity contribution < 1.29 is 4.74 Å². The minimum atomic E-state index is 0.473. The molecule has 0 N–H and O–H groups in total. The molecular formula is C13H12ClN3O. The first kappa shape index (κ1) is 11.4. The van der Waals surface area contributed by atoms with E-state index in [4.69, 9.17) is 16.3 Å². The number of hydrogen-bond acceptors (Lipinski definition) is 4. The number of aromatic nitrogens is 3. The van der Waals surface area contributed by atoms with Crippen LogP contribution in [0.4, 0.5) is 0 Å². The summed E-state index contributed by atoms with van der Waals surface area (Å²) in [4.78, 5) is 12.9. The van der Waals surface area contributed by atoms with E-state index in [-0.39, 0.29) is 0 Å². The highest BCUT2D eigenvalue weighted by Gasteiger charge is 2.27. The molecule has 1 aliphatic carbocycles. The zero-order valence-corrected chi connectivity index (χ0v) is 10.7. The van der Waals surface area contributed by atoms with Crippen molar-refractivity contribution in [3.8, 4) is 17.0 Å². The zero-order valence-electron chi connectivity index (χ0n) is 9.93. The minimum absolute atomic E-state index is 0.473. The Morgan fingerprint density at radius 1 is 1.22 bits per heavy atom. The van der Waals surface area contributed by atoms with Crippen LogP contribution in [0.15, 0.2) is 24.5 Å². The van der Waals surface area contributed by atoms with Gasteiger partial charge in [-0.1, -0.05) is 11.6 Å². The molecular weight excluding hydrogens is 250 g/mol. The molecule has 18 heavy (non-hydrogen) atoms. The fourth-order valence-electron chi connectivity index (χ4n) is 1.78. The molecule has 5 heteroatoms. The number of methoxy groups -OCH3 is 1. The Labute approximate surface area is 110 Å². The first-order valence-electron chi connectivity index (χ1n) is 5.80. The van der Waals surface area contributed by atoms with Crippen molar-refractivity contribution >= 4 is 11.6 Å². The summed E-state index contributed by atoms with van der Waals surface area (Å²) >= 11 is 6.04. The molecule has 1 aliphatic rings. The Hall–Kier alpha value is -1.68. The number of rotatable bonds is 3. The molecule has 92 valence electrons. The predicted octanol–water partition coefficient (Wildman–Crippen LogP) is 3.08. The number of hydrogen-bond donors (Lipinski definition) is 0. The van der Waals surface area contributed by atoms with Crippen LogP contribution in [0.25, 0.3) is 11.3 Å². The van der Waals surface area contributed by atoms with Crippen molar-refractivity contribution in [2.75, 3.05) is 7.11 Å². The number of pyridine rings is 1. The fourth-order valence-corrected chi connectivity index (χ4v) is 1.97. The molecule has 2 aromatic rings. The van der Waals surface area contributed by atoms with Crippen LogP contribution >= 0.6 is 11.6 Å². The Morgan fingerprint density at radius 2 is 2.06 bits per heavy atom. The second kappa shape index (κ2) is 4.53. The van der Waals surface area contributed by atoms with Crippen molar-refractivity contribution in [2.24, 2.45) is 0 Å². The van der Waals surface area contributed by atoms with E-state index in [0.717, 1.165) is 29.9 Å². The van der Waals surface area contributed by atoms with E-state index < -0.39 is 0 Å². The average molecular weight is 262 g/mol. The number of nitrogens with zero attached hydrogens (tertiary/aromatic N) is 3. The zero-order chi connectivity index (χ0) is 12.5. The highest BCUT2D eigenvalue weighted by molar-refractivity contribution is 6.29. The standard InChI is InChI=1S/C13H12ClN3O/c1-18-10-4-9(6-15-7-10)11-5-12(14)17-13(16-11)8-2-3-8/h4-8H,2-3H2,1H3. The highest BCUT2D eigenvalue weighted by Crippen LogP contribution is 2.39. The van der Waals surface area contributed by atoms with Crippen molar-refractivity contribution in [3.05, 3.63) is 35.5 Å². The van der Waals surface area contributed by atoms with Gasteiger partial charge in [0.05, 0.1) is 19.0 Å². The van der Waals surface area contributed by atoms with Crippen LogP contribution in [0.1, 0.15) is 24.6 Å². The lowest BCUT2D eigenvalue weighted by molar-refractivity contribution is 0.413. The van der Waals surface area contributed by atoms with E-state index >= 15 is 0 Å². The third-order valence-electron chi connectivity index (χ3n) is 2.90. The first-order chi connectivity index (χ1) is 8.76. The lowest BCUT2D eigenvalue weighted by atomic mass is 10.2. The molecule has 3 rings (SSSR count). The number of halogens is 1. The van der Waals surface area contributed by atoms with Gasteiger partial charge in [0.25, 0.3) is 0 Å². The van der Waals surface area contributed by atoms with Gasteiger partial charge < -0.3 is 4.74 Å². The Balaban J connectivity index is 2.04. The van der Waals surface area contributed by atoms with Crippen molar-refractivity contribution in [1.29, 1.82) is 0 Å². The third kappa shape index (κ3) is 2.29. The third-order valence-corrected chi connectivity index (χ3v) is 3.09. The molecule has 1 saturated carbocycles. The van der Waals surface area contributed by atoms with Crippen LogP contribution in [0.3, 0.4) is 0 Å². The quantitative estimate of drug-likeness (QED) is 0.797. The van der Waals surface area contributed by atoms with Crippen molar-refractivity contribution in [3.63, 3.8) is 0 Å². The monoisotopic (exact) mass is 261 g/mol. The van der Waals surface area contributed by atoms with Crippen molar-refractivity contribution in [1.82, 2.24) is 15.0 Å². The smallest absolute Gasteiger partial charge is 0.137 e. The summed E-state index contributed by atoms with van der Waals surface area (Å²) in [5.41, 5.74) is 1.68. The van der Waals surface area contributed by atoms with Gasteiger partial charge >= 0.3 is 0 Å². The SMILES string of the molecule is COc1cncc(-c2cc(Cl)nc(C3CC3)n2)c1. The Bertz CT molecular complexity index is 584. The summed E-state index contributed by atoms with van der Waals surface area (Å²) in [7, 11) is 1.61. The second-order valence-corrected chi connectivity index (χ2v) is 4.71. The molecule has 0 aromatic carbocycles. The van der Waals surface area contributed by atoms with Gasteiger partial charge in [-0.25, -0.2) is 9.97 Å². The summed E-state index contributed by atoms with van der Waals surface area (Å²) < 4.78 is 5.16. The molecule has 1 fully saturated rings. The maximum Gasteiger partial charge on any atom is 0.137 e. The lowest BCUT2D eigenvalue weighted by Crippen LogP contribution is -1.96. The van der Waals surface area contributed by atoms with Crippen LogP contribution in [0, 0.1) is 0 Å². The maximum atomic E-state index is 6.04. The van der Waals surface area contributed by atoms with Crippen LogP contribution in [0.5, 0.6) is 5.75 Å². The lowest BCUT2D eigenvalue weighted by Gasteiger charge is -2.05. The molecule has 0 spiro atoms. The van der Waals surface area contributed by atoms with Crippen LogP contribution in [-0.4, -0.2) is 22.1 Å². The van der Waals surface area contributed by atoms with Crippen LogP contribution < -0.4 is 4.74 Å². The summed E-state index contributed by atoms with van der Waals surface area (Å²) in [5, 5.41) is 0.477. The molecule has 0 bridgehead atoms. The predicted molar refractivity (Wildman–Crippen MR) is 68.8 cm³/mol. The summed E-state index contributed by atoms with van der Waals surface area (Å²) in [5.74, 6) is 2.01. The van der Waals surface area contributed by atoms with Gasteiger partial charge in [0.15, 0.2) is 0 Å². The van der Waals surface area contributed by atoms with Crippen LogP contribution in [-0.2, 0) is 0 Å². The largest absolute Gasteiger partial charge is 0.495 e. The topological polar surface area (TPSA) is 47.9 Å². The van der Waals surface area contributed by atoms with Crippen molar-refractivity contribution in [2.45, 2.75) is 18.8 Å². The molecule has 0 radical (unpaired) electrons. The molecule has 2 aromatic heterocycles. The maximum absolute atomic E-state index is 6.04. The van der Waals surface area contributed by atoms with Gasteiger partial charge in [0, 0.05) is 23.7 Å². The van der Waals surface area contributed by atoms with E-state index in [2.05, 4.69) is 15.0 Å². The van der Waals surface area contributed by atoms with Gasteiger partial charge in [-0.3, -0.25) is 4.98 Å². The van der Waals surface area contributed by atoms with Gasteiger partial charge in [-0.05, 0) is 18.9 Å². The summed E-state index contributed by atoms with van der Waals surface area (Å²) in [6.45, 7) is 0. The van der Waals surface area contributed by atoms with E-state index in [9.17, 15) is 0 Å². The Morgan fingerprint density at radius 3 is 2.78 bits per heavy atom. The molecule has 0 unspecified atom stereocenters. The van der Waals surface area contributed by atoms with E-state index in [1.54, 1.807) is 25.6 Å². The fraction of sp³-hybridized carbons (Fsp3) is 0.308. The highest BCUT2D eigenvalue weighted by atomic mass is 35.5. The molecule has 4 nitrogen and oxygen atoms in total. The van der Waals surface area contributed by atoms with E-state index in [1.807, 2.05) is 6.07 Å². The van der Waals surface area contributed by atoms with Gasteiger partial charge in [-0.15, -0.1) is 0 Å². The Kier molecular flexibility index (Phi) is 2.88. The second-order valence-electron chi connectivity index (χ2n) is 4.32. The minimum Gasteiger partial charge on any atom is -0.495 e. The average Bonchev–Trinajstić information content (AvgIpc) is 3.22.